The molecule has 178 valence electrons. The van der Waals surface area contributed by atoms with Crippen molar-refractivity contribution in [2.45, 2.75) is 38.8 Å². The third-order valence-electron chi connectivity index (χ3n) is 5.49. The molecule has 2 aromatic carbocycles. The summed E-state index contributed by atoms with van der Waals surface area (Å²) in [6.07, 6.45) is 4.51. The highest BCUT2D eigenvalue weighted by molar-refractivity contribution is 6.37. The van der Waals surface area contributed by atoms with E-state index in [0.717, 1.165) is 11.1 Å². The van der Waals surface area contributed by atoms with Gasteiger partial charge >= 0.3 is 0 Å². The number of halogens is 3. The van der Waals surface area contributed by atoms with E-state index < -0.39 is 6.10 Å². The smallest absolute Gasteiger partial charge is 0.156 e. The van der Waals surface area contributed by atoms with Gasteiger partial charge in [0, 0.05) is 29.6 Å². The van der Waals surface area contributed by atoms with Crippen molar-refractivity contribution in [1.29, 1.82) is 0 Å². The maximum atomic E-state index is 10.2. The Morgan fingerprint density at radius 1 is 1.03 bits per heavy atom. The highest BCUT2D eigenvalue weighted by Crippen LogP contribution is 2.40. The zero-order chi connectivity index (χ0) is 24.0. The van der Waals surface area contributed by atoms with Crippen molar-refractivity contribution in [2.75, 3.05) is 19.1 Å². The first-order chi connectivity index (χ1) is 15.7. The largest absolute Gasteiger partial charge is 0.491 e. The van der Waals surface area contributed by atoms with Gasteiger partial charge in [0.15, 0.2) is 5.75 Å². The van der Waals surface area contributed by atoms with Crippen molar-refractivity contribution in [3.05, 3.63) is 76.3 Å². The highest BCUT2D eigenvalue weighted by Gasteiger charge is 2.26. The number of alkyl halides is 1. The Hall–Kier alpha value is -1.92. The Morgan fingerprint density at radius 2 is 1.70 bits per heavy atom. The van der Waals surface area contributed by atoms with Crippen LogP contribution in [0.3, 0.4) is 0 Å². The lowest BCUT2D eigenvalue weighted by atomic mass is 9.78. The van der Waals surface area contributed by atoms with Gasteiger partial charge in [0.2, 0.25) is 0 Å². The average Bonchev–Trinajstić information content (AvgIpc) is 3.30. The van der Waals surface area contributed by atoms with Gasteiger partial charge in [-0.05, 0) is 35.4 Å². The molecule has 0 saturated heterocycles. The Balaban J connectivity index is 1.67. The van der Waals surface area contributed by atoms with Crippen LogP contribution in [0.5, 0.6) is 11.5 Å². The first kappa shape index (κ1) is 25.7. The van der Waals surface area contributed by atoms with Crippen molar-refractivity contribution in [3.8, 4) is 11.5 Å². The lowest BCUT2D eigenvalue weighted by Crippen LogP contribution is -2.23. The van der Waals surface area contributed by atoms with Gasteiger partial charge in [0.1, 0.15) is 18.5 Å². The molecule has 1 aromatic heterocycles. The van der Waals surface area contributed by atoms with E-state index in [1.165, 1.54) is 0 Å². The van der Waals surface area contributed by atoms with Crippen molar-refractivity contribution in [1.82, 2.24) is 9.55 Å². The third kappa shape index (κ3) is 6.80. The molecule has 0 aliphatic carbocycles. The number of benzene rings is 2. The normalized spacial score (nSPS) is 13.5. The molecule has 8 heteroatoms. The molecule has 0 saturated carbocycles. The predicted molar refractivity (Wildman–Crippen MR) is 134 cm³/mol. The number of imidazole rings is 1. The van der Waals surface area contributed by atoms with E-state index in [1.807, 2.05) is 47.9 Å². The minimum atomic E-state index is -0.632. The Bertz CT molecular complexity index is 1000. The van der Waals surface area contributed by atoms with E-state index >= 15 is 0 Å². The number of hydrogen-bond acceptors (Lipinski definition) is 4. The maximum absolute atomic E-state index is 10.2. The van der Waals surface area contributed by atoms with E-state index in [-0.39, 0.29) is 17.9 Å². The molecule has 1 N–H and O–H groups in total. The van der Waals surface area contributed by atoms with Gasteiger partial charge in [-0.1, -0.05) is 56.1 Å². The summed E-state index contributed by atoms with van der Waals surface area (Å²) in [7, 11) is 0. The summed E-state index contributed by atoms with van der Waals surface area (Å²) in [5.74, 6) is 1.87. The van der Waals surface area contributed by atoms with Gasteiger partial charge in [0.25, 0.3) is 0 Å². The molecule has 0 unspecified atom stereocenters. The van der Waals surface area contributed by atoms with Crippen LogP contribution in [0, 0.1) is 5.92 Å². The standard InChI is InChI=1S/C25H29Cl3N2O3/c1-17(12-26)14-33-24-22(27)10-19(11-23(24)28)25(2,3)18-4-6-21(7-5-18)32-15-20(31)13-30-9-8-29-16-30/h4-11,16-17,20,31H,12-15H2,1-3H3/t17-,20+/m1/s1. The Morgan fingerprint density at radius 3 is 2.27 bits per heavy atom. The summed E-state index contributed by atoms with van der Waals surface area (Å²) in [5.41, 5.74) is 1.69. The molecule has 0 radical (unpaired) electrons. The number of aliphatic hydroxyl groups excluding tert-OH is 1. The molecule has 33 heavy (non-hydrogen) atoms. The minimum Gasteiger partial charge on any atom is -0.491 e. The molecule has 0 aliphatic heterocycles. The molecule has 3 rings (SSSR count). The first-order valence-corrected chi connectivity index (χ1v) is 12.0. The lowest BCUT2D eigenvalue weighted by molar-refractivity contribution is 0.0924. The lowest BCUT2D eigenvalue weighted by Gasteiger charge is -2.27. The van der Waals surface area contributed by atoms with Gasteiger partial charge in [-0.2, -0.15) is 0 Å². The fourth-order valence-electron chi connectivity index (χ4n) is 3.35. The summed E-state index contributed by atoms with van der Waals surface area (Å²) >= 11 is 18.9. The number of nitrogens with zero attached hydrogens (tertiary/aromatic N) is 2. The molecule has 1 heterocycles. The van der Waals surface area contributed by atoms with Crippen LogP contribution in [-0.4, -0.2) is 39.9 Å². The van der Waals surface area contributed by atoms with E-state index in [1.54, 1.807) is 18.7 Å². The van der Waals surface area contributed by atoms with E-state index in [4.69, 9.17) is 44.3 Å². The summed E-state index contributed by atoms with van der Waals surface area (Å²) < 4.78 is 13.4. The molecular weight excluding hydrogens is 483 g/mol. The molecule has 5 nitrogen and oxygen atoms in total. The number of aromatic nitrogens is 2. The van der Waals surface area contributed by atoms with Crippen molar-refractivity contribution < 1.29 is 14.6 Å². The van der Waals surface area contributed by atoms with Crippen LogP contribution >= 0.6 is 34.8 Å². The van der Waals surface area contributed by atoms with E-state index in [2.05, 4.69) is 18.8 Å². The maximum Gasteiger partial charge on any atom is 0.156 e. The molecule has 2 atom stereocenters. The van der Waals surface area contributed by atoms with Crippen LogP contribution in [-0.2, 0) is 12.0 Å². The van der Waals surface area contributed by atoms with Gasteiger partial charge in [0.05, 0.1) is 29.5 Å². The van der Waals surface area contributed by atoms with Crippen LogP contribution in [0.25, 0.3) is 0 Å². The van der Waals surface area contributed by atoms with Crippen molar-refractivity contribution >= 4 is 34.8 Å². The molecule has 0 fully saturated rings. The quantitative estimate of drug-likeness (QED) is 0.311. The summed E-state index contributed by atoms with van der Waals surface area (Å²) in [4.78, 5) is 3.97. The third-order valence-corrected chi connectivity index (χ3v) is 6.58. The second-order valence-electron chi connectivity index (χ2n) is 8.71. The predicted octanol–water partition coefficient (Wildman–Crippen LogP) is 6.21. The second-order valence-corrected chi connectivity index (χ2v) is 9.84. The number of hydrogen-bond donors (Lipinski definition) is 1. The molecular formula is C25H29Cl3N2O3. The first-order valence-electron chi connectivity index (χ1n) is 10.8. The van der Waals surface area contributed by atoms with Gasteiger partial charge in [-0.15, -0.1) is 11.6 Å². The Labute approximate surface area is 210 Å². The summed E-state index contributed by atoms with van der Waals surface area (Å²) in [6.45, 7) is 7.28. The second kappa shape index (κ2) is 11.5. The molecule has 3 aromatic rings. The molecule has 0 bridgehead atoms. The van der Waals surface area contributed by atoms with Crippen LogP contribution in [0.15, 0.2) is 55.1 Å². The topological polar surface area (TPSA) is 56.5 Å². The van der Waals surface area contributed by atoms with Gasteiger partial charge in [-0.3, -0.25) is 0 Å². The van der Waals surface area contributed by atoms with E-state index in [9.17, 15) is 5.11 Å². The van der Waals surface area contributed by atoms with E-state index in [0.29, 0.717) is 40.6 Å². The van der Waals surface area contributed by atoms with Crippen molar-refractivity contribution in [3.63, 3.8) is 0 Å². The summed E-state index contributed by atoms with van der Waals surface area (Å²) in [6, 6.07) is 11.6. The van der Waals surface area contributed by atoms with Crippen LogP contribution < -0.4 is 9.47 Å². The number of rotatable bonds is 11. The highest BCUT2D eigenvalue weighted by atomic mass is 35.5. The van der Waals surface area contributed by atoms with Crippen LogP contribution in [0.1, 0.15) is 31.9 Å². The van der Waals surface area contributed by atoms with Crippen LogP contribution in [0.2, 0.25) is 10.0 Å². The minimum absolute atomic E-state index is 0.190. The van der Waals surface area contributed by atoms with Gasteiger partial charge in [-0.25, -0.2) is 4.98 Å². The van der Waals surface area contributed by atoms with Crippen molar-refractivity contribution in [2.24, 2.45) is 5.92 Å². The zero-order valence-corrected chi connectivity index (χ0v) is 21.2. The summed E-state index contributed by atoms with van der Waals surface area (Å²) in [5, 5.41) is 11.1. The fraction of sp³-hybridized carbons (Fsp3) is 0.400. The zero-order valence-electron chi connectivity index (χ0n) is 19.0. The monoisotopic (exact) mass is 510 g/mol. The molecule has 0 amide bonds. The Kier molecular flexibility index (Phi) is 8.94. The average molecular weight is 512 g/mol. The fourth-order valence-corrected chi connectivity index (χ4v) is 4.03. The van der Waals surface area contributed by atoms with Gasteiger partial charge < -0.3 is 19.1 Å². The number of ether oxygens (including phenoxy) is 2. The van der Waals surface area contributed by atoms with Crippen LogP contribution in [0.4, 0.5) is 0 Å². The SMILES string of the molecule is C[C@H](CCl)COc1c(Cl)cc(C(C)(C)c2ccc(OC[C@@H](O)Cn3ccnc3)cc2)cc1Cl. The number of aliphatic hydroxyl groups is 1. The molecule has 0 aliphatic rings. The molecule has 0 spiro atoms.